The topological polar surface area (TPSA) is 57.0 Å². The second kappa shape index (κ2) is 5.08. The van der Waals surface area contributed by atoms with E-state index >= 15 is 0 Å². The van der Waals surface area contributed by atoms with Gasteiger partial charge < -0.3 is 4.74 Å². The van der Waals surface area contributed by atoms with Crippen molar-refractivity contribution in [1.29, 1.82) is 0 Å². The van der Waals surface area contributed by atoms with Crippen LogP contribution >= 0.6 is 0 Å². The Morgan fingerprint density at radius 1 is 1.69 bits per heavy atom. The van der Waals surface area contributed by atoms with Crippen LogP contribution in [0.2, 0.25) is 0 Å². The Kier molecular flexibility index (Phi) is 3.69. The van der Waals surface area contributed by atoms with Crippen LogP contribution in [0.3, 0.4) is 0 Å². The molecule has 0 bridgehead atoms. The van der Waals surface area contributed by atoms with E-state index in [1.807, 2.05) is 0 Å². The third-order valence-corrected chi connectivity index (χ3v) is 1.33. The minimum Gasteiger partial charge on any atom is -0.461 e. The molecule has 0 unspecified atom stereocenters. The number of hydrogen-bond donors (Lipinski definition) is 0. The van der Waals surface area contributed by atoms with E-state index in [0.29, 0.717) is 13.2 Å². The fraction of sp³-hybridized carbons (Fsp3) is 0.375. The fourth-order valence-corrected chi connectivity index (χ4v) is 0.772. The van der Waals surface area contributed by atoms with E-state index < -0.39 is 0 Å². The number of nitrogens with zero attached hydrogens (tertiary/aromatic N) is 3. The summed E-state index contributed by atoms with van der Waals surface area (Å²) in [5.74, 6) is -0.331. The first-order chi connectivity index (χ1) is 6.33. The van der Waals surface area contributed by atoms with Crippen LogP contribution in [0.5, 0.6) is 0 Å². The number of hydrogen-bond acceptors (Lipinski definition) is 4. The maximum atomic E-state index is 10.8. The number of aromatic nitrogens is 3. The summed E-state index contributed by atoms with van der Waals surface area (Å²) in [7, 11) is 0. The van der Waals surface area contributed by atoms with Crippen LogP contribution < -0.4 is 0 Å². The minimum atomic E-state index is -0.331. The number of allylic oxidation sites excluding steroid dienone is 1. The molecule has 1 rings (SSSR count). The molecule has 5 heteroatoms. The zero-order chi connectivity index (χ0) is 9.52. The molecule has 0 saturated heterocycles. The van der Waals surface area contributed by atoms with Gasteiger partial charge in [0.2, 0.25) is 0 Å². The molecule has 13 heavy (non-hydrogen) atoms. The lowest BCUT2D eigenvalue weighted by atomic mass is 10.5. The lowest BCUT2D eigenvalue weighted by molar-refractivity contribution is -0.138. The summed E-state index contributed by atoms with van der Waals surface area (Å²) in [4.78, 5) is 14.6. The van der Waals surface area contributed by atoms with E-state index in [-0.39, 0.29) is 5.97 Å². The summed E-state index contributed by atoms with van der Waals surface area (Å²) in [6.45, 7) is 2.61. The standard InChI is InChI=1S/C8H11N3O2/c1-2-3-8(12)13-5-4-11-7-9-6-10-11/h2-3,6-7H,4-5H2,1H3/b3-2+. The Morgan fingerprint density at radius 3 is 3.15 bits per heavy atom. The van der Waals surface area contributed by atoms with Crippen molar-refractivity contribution in [1.82, 2.24) is 14.8 Å². The van der Waals surface area contributed by atoms with Crippen LogP contribution in [-0.2, 0) is 16.1 Å². The van der Waals surface area contributed by atoms with E-state index in [0.717, 1.165) is 0 Å². The average Bonchev–Trinajstić information content (AvgIpc) is 2.57. The summed E-state index contributed by atoms with van der Waals surface area (Å²) in [6, 6.07) is 0. The monoisotopic (exact) mass is 181 g/mol. The molecule has 1 aromatic heterocycles. The van der Waals surface area contributed by atoms with Crippen LogP contribution in [0.15, 0.2) is 24.8 Å². The first kappa shape index (κ1) is 9.44. The highest BCUT2D eigenvalue weighted by Gasteiger charge is 1.96. The highest BCUT2D eigenvalue weighted by molar-refractivity contribution is 5.81. The molecule has 0 N–H and O–H groups in total. The molecular formula is C8H11N3O2. The van der Waals surface area contributed by atoms with Crippen LogP contribution in [-0.4, -0.2) is 27.3 Å². The molecule has 0 atom stereocenters. The van der Waals surface area contributed by atoms with Gasteiger partial charge in [-0.15, -0.1) is 0 Å². The van der Waals surface area contributed by atoms with Crippen LogP contribution in [0.4, 0.5) is 0 Å². The minimum absolute atomic E-state index is 0.312. The average molecular weight is 181 g/mol. The van der Waals surface area contributed by atoms with E-state index in [4.69, 9.17) is 4.74 Å². The van der Waals surface area contributed by atoms with Crippen molar-refractivity contribution in [2.75, 3.05) is 6.61 Å². The van der Waals surface area contributed by atoms with Gasteiger partial charge in [-0.1, -0.05) is 6.08 Å². The molecule has 0 aliphatic rings. The second-order valence-corrected chi connectivity index (χ2v) is 2.33. The Labute approximate surface area is 76.0 Å². The van der Waals surface area contributed by atoms with Gasteiger partial charge >= 0.3 is 5.97 Å². The molecule has 0 spiro atoms. The van der Waals surface area contributed by atoms with E-state index in [2.05, 4.69) is 10.1 Å². The van der Waals surface area contributed by atoms with Gasteiger partial charge in [0.25, 0.3) is 0 Å². The van der Waals surface area contributed by atoms with Gasteiger partial charge in [-0.2, -0.15) is 5.10 Å². The smallest absolute Gasteiger partial charge is 0.330 e. The molecule has 0 radical (unpaired) electrons. The Balaban J connectivity index is 2.18. The summed E-state index contributed by atoms with van der Waals surface area (Å²) in [5, 5.41) is 3.86. The Hall–Kier alpha value is -1.65. The summed E-state index contributed by atoms with van der Waals surface area (Å²) in [5.41, 5.74) is 0. The normalized spacial score (nSPS) is 10.5. The van der Waals surface area contributed by atoms with E-state index in [1.165, 1.54) is 12.4 Å². The first-order valence-electron chi connectivity index (χ1n) is 3.95. The van der Waals surface area contributed by atoms with Gasteiger partial charge in [-0.25, -0.2) is 14.5 Å². The molecule has 0 aromatic carbocycles. The zero-order valence-electron chi connectivity index (χ0n) is 7.38. The highest BCUT2D eigenvalue weighted by Crippen LogP contribution is 1.85. The maximum Gasteiger partial charge on any atom is 0.330 e. The number of esters is 1. The Morgan fingerprint density at radius 2 is 2.54 bits per heavy atom. The van der Waals surface area contributed by atoms with E-state index in [9.17, 15) is 4.79 Å². The van der Waals surface area contributed by atoms with Gasteiger partial charge in [0.1, 0.15) is 19.3 Å². The van der Waals surface area contributed by atoms with E-state index in [1.54, 1.807) is 24.0 Å². The summed E-state index contributed by atoms with van der Waals surface area (Å²) < 4.78 is 6.44. The van der Waals surface area contributed by atoms with Gasteiger partial charge in [0.05, 0.1) is 6.54 Å². The molecule has 0 fully saturated rings. The maximum absolute atomic E-state index is 10.8. The predicted molar refractivity (Wildman–Crippen MR) is 45.8 cm³/mol. The zero-order valence-corrected chi connectivity index (χ0v) is 7.38. The van der Waals surface area contributed by atoms with Gasteiger partial charge in [-0.3, -0.25) is 0 Å². The fourth-order valence-electron chi connectivity index (χ4n) is 0.772. The lowest BCUT2D eigenvalue weighted by Crippen LogP contribution is -2.09. The number of carbonyl (C=O) groups excluding carboxylic acids is 1. The third-order valence-electron chi connectivity index (χ3n) is 1.33. The van der Waals surface area contributed by atoms with Crippen molar-refractivity contribution >= 4 is 5.97 Å². The van der Waals surface area contributed by atoms with Crippen molar-refractivity contribution in [3.63, 3.8) is 0 Å². The third kappa shape index (κ3) is 3.50. The quantitative estimate of drug-likeness (QED) is 0.498. The SMILES string of the molecule is C/C=C/C(=O)OCCn1cncn1. The second-order valence-electron chi connectivity index (χ2n) is 2.33. The largest absolute Gasteiger partial charge is 0.461 e. The lowest BCUT2D eigenvalue weighted by Gasteiger charge is -2.00. The van der Waals surface area contributed by atoms with Crippen molar-refractivity contribution in [3.8, 4) is 0 Å². The van der Waals surface area contributed by atoms with Crippen LogP contribution in [0.25, 0.3) is 0 Å². The predicted octanol–water partition coefficient (Wildman–Crippen LogP) is 0.397. The molecule has 0 amide bonds. The molecule has 0 aliphatic heterocycles. The molecule has 0 aliphatic carbocycles. The summed E-state index contributed by atoms with van der Waals surface area (Å²) in [6.07, 6.45) is 6.02. The van der Waals surface area contributed by atoms with Crippen molar-refractivity contribution in [3.05, 3.63) is 24.8 Å². The Bertz CT molecular complexity index is 280. The number of ether oxygens (including phenoxy) is 1. The molecule has 0 saturated carbocycles. The van der Waals surface area contributed by atoms with Crippen molar-refractivity contribution < 1.29 is 9.53 Å². The van der Waals surface area contributed by atoms with Gasteiger partial charge in [0, 0.05) is 6.08 Å². The van der Waals surface area contributed by atoms with Crippen LogP contribution in [0.1, 0.15) is 6.92 Å². The molecule has 70 valence electrons. The molecule has 1 aromatic rings. The van der Waals surface area contributed by atoms with Crippen LogP contribution in [0, 0.1) is 0 Å². The molecule has 1 heterocycles. The molecule has 5 nitrogen and oxygen atoms in total. The highest BCUT2D eigenvalue weighted by atomic mass is 16.5. The first-order valence-corrected chi connectivity index (χ1v) is 3.95. The van der Waals surface area contributed by atoms with Gasteiger partial charge in [-0.05, 0) is 6.92 Å². The van der Waals surface area contributed by atoms with Crippen molar-refractivity contribution in [2.24, 2.45) is 0 Å². The van der Waals surface area contributed by atoms with Crippen molar-refractivity contribution in [2.45, 2.75) is 13.5 Å². The number of rotatable bonds is 4. The summed E-state index contributed by atoms with van der Waals surface area (Å²) >= 11 is 0. The van der Waals surface area contributed by atoms with Gasteiger partial charge in [0.15, 0.2) is 0 Å². The number of carbonyl (C=O) groups is 1. The molecular weight excluding hydrogens is 170 g/mol.